The summed E-state index contributed by atoms with van der Waals surface area (Å²) in [7, 11) is 0. The standard InChI is InChI=1S/C19H30N2O/c1-3-4-5-6-7-8-9-12-15-21-18-14-11-10-13-17(18)20-19(21)16(2)22/h10-11,13-14,16,22H,3-9,12,15H2,1-2H3. The van der Waals surface area contributed by atoms with Gasteiger partial charge in [-0.3, -0.25) is 0 Å². The van der Waals surface area contributed by atoms with Crippen molar-refractivity contribution < 1.29 is 5.11 Å². The minimum atomic E-state index is -0.513. The highest BCUT2D eigenvalue weighted by Gasteiger charge is 2.13. The summed E-state index contributed by atoms with van der Waals surface area (Å²) >= 11 is 0. The zero-order chi connectivity index (χ0) is 15.8. The van der Waals surface area contributed by atoms with Crippen LogP contribution in [0, 0.1) is 0 Å². The zero-order valence-corrected chi connectivity index (χ0v) is 14.1. The summed E-state index contributed by atoms with van der Waals surface area (Å²) in [6, 6.07) is 8.16. The highest BCUT2D eigenvalue weighted by molar-refractivity contribution is 5.75. The SMILES string of the molecule is CCCCCCCCCCn1c(C(C)O)nc2ccccc21. The number of aryl methyl sites for hydroxylation is 1. The Morgan fingerprint density at radius 3 is 2.32 bits per heavy atom. The molecule has 0 saturated heterocycles. The molecule has 0 aliphatic rings. The Labute approximate surface area is 134 Å². The number of aliphatic hydroxyl groups is 1. The zero-order valence-electron chi connectivity index (χ0n) is 14.1. The molecule has 2 aromatic rings. The predicted octanol–water partition coefficient (Wildman–Crippen LogP) is 5.23. The van der Waals surface area contributed by atoms with Crippen molar-refractivity contribution >= 4 is 11.0 Å². The fraction of sp³-hybridized carbons (Fsp3) is 0.632. The van der Waals surface area contributed by atoms with Gasteiger partial charge in [0.05, 0.1) is 11.0 Å². The van der Waals surface area contributed by atoms with E-state index in [-0.39, 0.29) is 0 Å². The van der Waals surface area contributed by atoms with Crippen LogP contribution in [0.1, 0.15) is 77.1 Å². The van der Waals surface area contributed by atoms with Crippen molar-refractivity contribution in [2.45, 2.75) is 77.9 Å². The van der Waals surface area contributed by atoms with Crippen LogP contribution in [0.5, 0.6) is 0 Å². The van der Waals surface area contributed by atoms with Gasteiger partial charge in [-0.1, -0.05) is 64.0 Å². The number of para-hydroxylation sites is 2. The summed E-state index contributed by atoms with van der Waals surface area (Å²) in [5, 5.41) is 9.95. The number of aromatic nitrogens is 2. The van der Waals surface area contributed by atoms with Gasteiger partial charge in [0.1, 0.15) is 11.9 Å². The predicted molar refractivity (Wildman–Crippen MR) is 93.0 cm³/mol. The van der Waals surface area contributed by atoms with Gasteiger partial charge in [-0.2, -0.15) is 0 Å². The first-order valence-corrected chi connectivity index (χ1v) is 8.87. The van der Waals surface area contributed by atoms with Crippen molar-refractivity contribution in [1.82, 2.24) is 9.55 Å². The second-order valence-electron chi connectivity index (χ2n) is 6.26. The van der Waals surface area contributed by atoms with Crippen LogP contribution in [0.2, 0.25) is 0 Å². The number of imidazole rings is 1. The molecule has 1 aromatic heterocycles. The summed E-state index contributed by atoms with van der Waals surface area (Å²) < 4.78 is 2.19. The maximum absolute atomic E-state index is 9.95. The van der Waals surface area contributed by atoms with E-state index in [1.165, 1.54) is 44.9 Å². The second-order valence-corrected chi connectivity index (χ2v) is 6.26. The molecule has 0 radical (unpaired) electrons. The number of benzene rings is 1. The van der Waals surface area contributed by atoms with E-state index in [1.54, 1.807) is 6.92 Å². The van der Waals surface area contributed by atoms with E-state index in [9.17, 15) is 5.11 Å². The summed E-state index contributed by atoms with van der Waals surface area (Å²) in [5.41, 5.74) is 2.12. The first-order valence-electron chi connectivity index (χ1n) is 8.87. The molecule has 3 nitrogen and oxygen atoms in total. The minimum absolute atomic E-state index is 0.513. The van der Waals surface area contributed by atoms with E-state index < -0.39 is 6.10 Å². The Morgan fingerprint density at radius 1 is 1.00 bits per heavy atom. The van der Waals surface area contributed by atoms with E-state index >= 15 is 0 Å². The Bertz CT molecular complexity index is 560. The first kappa shape index (κ1) is 17.0. The number of rotatable bonds is 10. The van der Waals surface area contributed by atoms with E-state index in [1.807, 2.05) is 18.2 Å². The van der Waals surface area contributed by atoms with Gasteiger partial charge < -0.3 is 9.67 Å². The molecule has 0 aliphatic carbocycles. The van der Waals surface area contributed by atoms with Gasteiger partial charge in [0.25, 0.3) is 0 Å². The number of hydrogen-bond acceptors (Lipinski definition) is 2. The maximum Gasteiger partial charge on any atom is 0.138 e. The fourth-order valence-electron chi connectivity index (χ4n) is 3.05. The molecule has 3 heteroatoms. The monoisotopic (exact) mass is 302 g/mol. The molecule has 0 bridgehead atoms. The highest BCUT2D eigenvalue weighted by atomic mass is 16.3. The first-order chi connectivity index (χ1) is 10.7. The molecule has 22 heavy (non-hydrogen) atoms. The smallest absolute Gasteiger partial charge is 0.138 e. The quantitative estimate of drug-likeness (QED) is 0.610. The molecule has 2 rings (SSSR count). The van der Waals surface area contributed by atoms with Crippen LogP contribution in [0.3, 0.4) is 0 Å². The molecule has 1 N–H and O–H groups in total. The van der Waals surface area contributed by atoms with Crippen LogP contribution in [0.4, 0.5) is 0 Å². The van der Waals surface area contributed by atoms with Crippen LogP contribution in [0.15, 0.2) is 24.3 Å². The Morgan fingerprint density at radius 2 is 1.64 bits per heavy atom. The molecule has 0 spiro atoms. The molecular formula is C19H30N2O. The summed E-state index contributed by atoms with van der Waals surface area (Å²) in [6.45, 7) is 5.01. The van der Waals surface area contributed by atoms with E-state index in [0.29, 0.717) is 0 Å². The Kier molecular flexibility index (Phi) is 6.91. The van der Waals surface area contributed by atoms with Crippen LogP contribution in [0.25, 0.3) is 11.0 Å². The maximum atomic E-state index is 9.95. The molecule has 0 saturated carbocycles. The topological polar surface area (TPSA) is 38.0 Å². The number of fused-ring (bicyclic) bond motifs is 1. The summed E-state index contributed by atoms with van der Waals surface area (Å²) in [5.74, 6) is 0.796. The molecular weight excluding hydrogens is 272 g/mol. The lowest BCUT2D eigenvalue weighted by Crippen LogP contribution is -2.07. The third-order valence-electron chi connectivity index (χ3n) is 4.29. The van der Waals surface area contributed by atoms with Crippen LogP contribution in [-0.2, 0) is 6.54 Å². The minimum Gasteiger partial charge on any atom is -0.385 e. The molecule has 1 atom stereocenters. The third kappa shape index (κ3) is 4.57. The van der Waals surface area contributed by atoms with Gasteiger partial charge in [-0.15, -0.1) is 0 Å². The van der Waals surface area contributed by atoms with E-state index in [0.717, 1.165) is 29.8 Å². The van der Waals surface area contributed by atoms with Crippen molar-refractivity contribution in [2.75, 3.05) is 0 Å². The average molecular weight is 302 g/mol. The van der Waals surface area contributed by atoms with Crippen molar-refractivity contribution in [1.29, 1.82) is 0 Å². The van der Waals surface area contributed by atoms with Crippen molar-refractivity contribution in [2.24, 2.45) is 0 Å². The molecule has 0 fully saturated rings. The summed E-state index contributed by atoms with van der Waals surface area (Å²) in [6.07, 6.45) is 10.0. The average Bonchev–Trinajstić information content (AvgIpc) is 2.89. The molecule has 1 aromatic carbocycles. The Hall–Kier alpha value is -1.35. The largest absolute Gasteiger partial charge is 0.385 e. The molecule has 0 aliphatic heterocycles. The van der Waals surface area contributed by atoms with Gasteiger partial charge in [-0.25, -0.2) is 4.98 Å². The fourth-order valence-corrected chi connectivity index (χ4v) is 3.05. The third-order valence-corrected chi connectivity index (χ3v) is 4.29. The lowest BCUT2D eigenvalue weighted by atomic mass is 10.1. The van der Waals surface area contributed by atoms with Gasteiger partial charge in [0.2, 0.25) is 0 Å². The van der Waals surface area contributed by atoms with Gasteiger partial charge >= 0.3 is 0 Å². The lowest BCUT2D eigenvalue weighted by Gasteiger charge is -2.11. The second kappa shape index (κ2) is 8.94. The van der Waals surface area contributed by atoms with Crippen LogP contribution < -0.4 is 0 Å². The normalized spacial score (nSPS) is 12.9. The van der Waals surface area contributed by atoms with Crippen molar-refractivity contribution in [3.63, 3.8) is 0 Å². The lowest BCUT2D eigenvalue weighted by molar-refractivity contribution is 0.184. The Balaban J connectivity index is 1.84. The highest BCUT2D eigenvalue weighted by Crippen LogP contribution is 2.21. The van der Waals surface area contributed by atoms with Crippen molar-refractivity contribution in [3.05, 3.63) is 30.1 Å². The summed E-state index contributed by atoms with van der Waals surface area (Å²) in [4.78, 5) is 4.57. The van der Waals surface area contributed by atoms with Gasteiger partial charge in [0.15, 0.2) is 0 Å². The number of hydrogen-bond donors (Lipinski definition) is 1. The van der Waals surface area contributed by atoms with E-state index in [2.05, 4.69) is 22.5 Å². The van der Waals surface area contributed by atoms with Gasteiger partial charge in [0, 0.05) is 6.54 Å². The van der Waals surface area contributed by atoms with Crippen molar-refractivity contribution in [3.8, 4) is 0 Å². The molecule has 0 amide bonds. The number of unbranched alkanes of at least 4 members (excludes halogenated alkanes) is 7. The van der Waals surface area contributed by atoms with Crippen LogP contribution in [-0.4, -0.2) is 14.7 Å². The molecule has 1 heterocycles. The number of nitrogens with zero attached hydrogens (tertiary/aromatic N) is 2. The molecule has 1 unspecified atom stereocenters. The van der Waals surface area contributed by atoms with Gasteiger partial charge in [-0.05, 0) is 25.5 Å². The van der Waals surface area contributed by atoms with E-state index in [4.69, 9.17) is 0 Å². The number of aliphatic hydroxyl groups excluding tert-OH is 1. The molecule has 122 valence electrons. The van der Waals surface area contributed by atoms with Crippen LogP contribution >= 0.6 is 0 Å².